The van der Waals surface area contributed by atoms with Crippen molar-refractivity contribution in [3.63, 3.8) is 0 Å². The molecule has 16 heavy (non-hydrogen) atoms. The molecule has 0 aliphatic heterocycles. The van der Waals surface area contributed by atoms with E-state index in [0.717, 1.165) is 42.4 Å². The van der Waals surface area contributed by atoms with Crippen LogP contribution in [0.1, 0.15) is 25.0 Å². The van der Waals surface area contributed by atoms with Crippen molar-refractivity contribution < 1.29 is 4.39 Å². The molecule has 0 atom stereocenters. The van der Waals surface area contributed by atoms with Gasteiger partial charge in [0, 0.05) is 17.3 Å². The van der Waals surface area contributed by atoms with Crippen molar-refractivity contribution in [2.75, 3.05) is 0 Å². The Hall–Kier alpha value is -1.42. The summed E-state index contributed by atoms with van der Waals surface area (Å²) in [4.78, 5) is 7.20. The van der Waals surface area contributed by atoms with Gasteiger partial charge in [-0.1, -0.05) is 0 Å². The van der Waals surface area contributed by atoms with Gasteiger partial charge in [0.1, 0.15) is 5.82 Å². The summed E-state index contributed by atoms with van der Waals surface area (Å²) in [5.41, 5.74) is 8.76. The zero-order valence-corrected chi connectivity index (χ0v) is 8.96. The van der Waals surface area contributed by atoms with Gasteiger partial charge in [-0.25, -0.2) is 4.39 Å². The van der Waals surface area contributed by atoms with Crippen LogP contribution < -0.4 is 5.73 Å². The molecule has 4 heteroatoms. The van der Waals surface area contributed by atoms with E-state index in [1.807, 2.05) is 6.07 Å². The van der Waals surface area contributed by atoms with Crippen LogP contribution in [0.15, 0.2) is 18.3 Å². The average molecular weight is 219 g/mol. The molecule has 0 unspecified atom stereocenters. The Bertz CT molecular complexity index is 528. The average Bonchev–Trinajstić information content (AvgIpc) is 2.85. The van der Waals surface area contributed by atoms with Gasteiger partial charge in [0.15, 0.2) is 0 Å². The Labute approximate surface area is 92.9 Å². The maximum atomic E-state index is 12.9. The first-order valence-corrected chi connectivity index (χ1v) is 5.57. The highest BCUT2D eigenvalue weighted by Crippen LogP contribution is 2.36. The summed E-state index contributed by atoms with van der Waals surface area (Å²) in [6.07, 6.45) is 5.39. The summed E-state index contributed by atoms with van der Waals surface area (Å²) >= 11 is 0. The fourth-order valence-corrected chi connectivity index (χ4v) is 1.97. The quantitative estimate of drug-likeness (QED) is 0.830. The van der Waals surface area contributed by atoms with E-state index in [1.54, 1.807) is 0 Å². The molecule has 0 amide bonds. The predicted octanol–water partition coefficient (Wildman–Crippen LogP) is 2.13. The van der Waals surface area contributed by atoms with Crippen molar-refractivity contribution >= 4 is 11.0 Å². The zero-order chi connectivity index (χ0) is 11.2. The van der Waals surface area contributed by atoms with Gasteiger partial charge in [0.2, 0.25) is 0 Å². The van der Waals surface area contributed by atoms with Crippen molar-refractivity contribution in [2.24, 2.45) is 5.73 Å². The number of hydrogen-bond donors (Lipinski definition) is 2. The van der Waals surface area contributed by atoms with Crippen LogP contribution >= 0.6 is 0 Å². The lowest BCUT2D eigenvalue weighted by molar-refractivity contribution is 0.605. The molecule has 3 rings (SSSR count). The number of nitrogens with one attached hydrogen (secondary N) is 1. The number of halogens is 1. The first-order valence-electron chi connectivity index (χ1n) is 5.57. The van der Waals surface area contributed by atoms with Crippen LogP contribution in [0.5, 0.6) is 0 Å². The van der Waals surface area contributed by atoms with Gasteiger partial charge in [-0.05, 0) is 31.7 Å². The fourth-order valence-electron chi connectivity index (χ4n) is 1.97. The van der Waals surface area contributed by atoms with E-state index >= 15 is 0 Å². The van der Waals surface area contributed by atoms with Crippen molar-refractivity contribution in [3.8, 4) is 0 Å². The van der Waals surface area contributed by atoms with E-state index in [9.17, 15) is 4.39 Å². The molecule has 2 aromatic heterocycles. The van der Waals surface area contributed by atoms with E-state index in [0.29, 0.717) is 0 Å². The summed E-state index contributed by atoms with van der Waals surface area (Å²) < 4.78 is 12.9. The van der Waals surface area contributed by atoms with Gasteiger partial charge in [-0.15, -0.1) is 0 Å². The third-order valence-corrected chi connectivity index (χ3v) is 3.28. The number of aromatic nitrogens is 2. The van der Waals surface area contributed by atoms with E-state index in [1.165, 1.54) is 12.3 Å². The summed E-state index contributed by atoms with van der Waals surface area (Å²) in [6.45, 7) is 0. The zero-order valence-electron chi connectivity index (χ0n) is 8.96. The molecule has 0 radical (unpaired) electrons. The minimum absolute atomic E-state index is 0.0654. The van der Waals surface area contributed by atoms with E-state index in [-0.39, 0.29) is 11.4 Å². The van der Waals surface area contributed by atoms with Gasteiger partial charge in [0.05, 0.1) is 17.2 Å². The molecule has 1 fully saturated rings. The number of aryl methyl sites for hydroxylation is 1. The molecule has 1 aliphatic carbocycles. The van der Waals surface area contributed by atoms with Crippen LogP contribution in [-0.4, -0.2) is 15.5 Å². The SMILES string of the molecule is NC1(CCc2cc3ncc(F)cc3[nH]2)CC1. The monoisotopic (exact) mass is 219 g/mol. The fraction of sp³-hybridized carbons (Fsp3) is 0.417. The molecule has 3 N–H and O–H groups in total. The Morgan fingerprint density at radius 3 is 3.00 bits per heavy atom. The smallest absolute Gasteiger partial charge is 0.143 e. The van der Waals surface area contributed by atoms with E-state index in [2.05, 4.69) is 9.97 Å². The summed E-state index contributed by atoms with van der Waals surface area (Å²) in [5, 5.41) is 0. The topological polar surface area (TPSA) is 54.7 Å². The second-order valence-corrected chi connectivity index (χ2v) is 4.74. The standard InChI is InChI=1S/C12H14FN3/c13-8-5-11-10(15-7-8)6-9(16-11)1-2-12(14)3-4-12/h5-7,16H,1-4,14H2. The van der Waals surface area contributed by atoms with Crippen LogP contribution in [0, 0.1) is 5.82 Å². The van der Waals surface area contributed by atoms with Crippen LogP contribution in [0.3, 0.4) is 0 Å². The lowest BCUT2D eigenvalue weighted by Crippen LogP contribution is -2.22. The van der Waals surface area contributed by atoms with Crippen molar-refractivity contribution in [1.29, 1.82) is 0 Å². The van der Waals surface area contributed by atoms with Gasteiger partial charge >= 0.3 is 0 Å². The van der Waals surface area contributed by atoms with E-state index < -0.39 is 0 Å². The maximum Gasteiger partial charge on any atom is 0.143 e. The predicted molar refractivity (Wildman–Crippen MR) is 60.5 cm³/mol. The number of pyridine rings is 1. The minimum atomic E-state index is -0.307. The number of nitrogens with zero attached hydrogens (tertiary/aromatic N) is 1. The first kappa shape index (κ1) is 9.78. The molecule has 0 spiro atoms. The third-order valence-electron chi connectivity index (χ3n) is 3.28. The lowest BCUT2D eigenvalue weighted by Gasteiger charge is -2.05. The molecule has 1 saturated carbocycles. The Kier molecular flexibility index (Phi) is 2.01. The van der Waals surface area contributed by atoms with Crippen molar-refractivity contribution in [2.45, 2.75) is 31.2 Å². The summed E-state index contributed by atoms with van der Waals surface area (Å²) in [5.74, 6) is -0.307. The number of H-pyrrole nitrogens is 1. The number of fused-ring (bicyclic) bond motifs is 1. The lowest BCUT2D eigenvalue weighted by atomic mass is 10.1. The highest BCUT2D eigenvalue weighted by molar-refractivity contribution is 5.75. The Morgan fingerprint density at radius 2 is 2.25 bits per heavy atom. The first-order chi connectivity index (χ1) is 7.65. The second-order valence-electron chi connectivity index (χ2n) is 4.74. The molecule has 0 saturated heterocycles. The van der Waals surface area contributed by atoms with Gasteiger partial charge in [0.25, 0.3) is 0 Å². The second kappa shape index (κ2) is 3.28. The maximum absolute atomic E-state index is 12.9. The Balaban J connectivity index is 1.82. The number of rotatable bonds is 3. The normalized spacial score (nSPS) is 17.9. The number of hydrogen-bond acceptors (Lipinski definition) is 2. The largest absolute Gasteiger partial charge is 0.357 e. The molecular formula is C12H14FN3. The van der Waals surface area contributed by atoms with E-state index in [4.69, 9.17) is 5.73 Å². The molecule has 0 bridgehead atoms. The van der Waals surface area contributed by atoms with Gasteiger partial charge < -0.3 is 10.7 Å². The minimum Gasteiger partial charge on any atom is -0.357 e. The molecular weight excluding hydrogens is 205 g/mol. The summed E-state index contributed by atoms with van der Waals surface area (Å²) in [7, 11) is 0. The van der Waals surface area contributed by atoms with Crippen LogP contribution in [-0.2, 0) is 6.42 Å². The molecule has 0 aromatic carbocycles. The number of nitrogens with two attached hydrogens (primary N) is 1. The molecule has 2 aromatic rings. The molecule has 84 valence electrons. The molecule has 3 nitrogen and oxygen atoms in total. The van der Waals surface area contributed by atoms with Crippen LogP contribution in [0.4, 0.5) is 4.39 Å². The number of aromatic amines is 1. The van der Waals surface area contributed by atoms with Crippen LogP contribution in [0.2, 0.25) is 0 Å². The highest BCUT2D eigenvalue weighted by Gasteiger charge is 2.37. The Morgan fingerprint density at radius 1 is 1.44 bits per heavy atom. The molecule has 2 heterocycles. The van der Waals surface area contributed by atoms with Crippen LogP contribution in [0.25, 0.3) is 11.0 Å². The highest BCUT2D eigenvalue weighted by atomic mass is 19.1. The van der Waals surface area contributed by atoms with Gasteiger partial charge in [-0.2, -0.15) is 0 Å². The summed E-state index contributed by atoms with van der Waals surface area (Å²) in [6, 6.07) is 3.45. The third kappa shape index (κ3) is 1.80. The van der Waals surface area contributed by atoms with Gasteiger partial charge in [-0.3, -0.25) is 4.98 Å². The molecule has 1 aliphatic rings. The van der Waals surface area contributed by atoms with Crippen molar-refractivity contribution in [3.05, 3.63) is 29.8 Å². The van der Waals surface area contributed by atoms with Crippen molar-refractivity contribution in [1.82, 2.24) is 9.97 Å².